The van der Waals surface area contributed by atoms with Gasteiger partial charge in [0.25, 0.3) is 10.0 Å². The molecule has 42 heavy (non-hydrogen) atoms. The Morgan fingerprint density at radius 2 is 1.57 bits per heavy atom. The maximum absolute atomic E-state index is 14.1. The van der Waals surface area contributed by atoms with Crippen LogP contribution in [-0.4, -0.2) is 58.0 Å². The number of carbonyl (C=O) groups excluding carboxylic acids is 2. The first-order valence-corrected chi connectivity index (χ1v) is 15.4. The Bertz CT molecular complexity index is 1440. The van der Waals surface area contributed by atoms with Gasteiger partial charge in [0.1, 0.15) is 24.1 Å². The summed E-state index contributed by atoms with van der Waals surface area (Å²) >= 11 is 0. The van der Waals surface area contributed by atoms with E-state index < -0.39 is 28.5 Å². The molecule has 3 rings (SSSR count). The predicted molar refractivity (Wildman–Crippen MR) is 164 cm³/mol. The van der Waals surface area contributed by atoms with Crippen molar-refractivity contribution in [1.29, 1.82) is 0 Å². The van der Waals surface area contributed by atoms with Crippen molar-refractivity contribution < 1.29 is 27.5 Å². The van der Waals surface area contributed by atoms with E-state index in [1.54, 1.807) is 69.5 Å². The van der Waals surface area contributed by atoms with Gasteiger partial charge >= 0.3 is 0 Å². The van der Waals surface area contributed by atoms with Crippen molar-refractivity contribution in [2.75, 3.05) is 31.1 Å². The topological polar surface area (TPSA) is 105 Å². The molecular formula is C32H41N3O6S. The number of aryl methyl sites for hydroxylation is 1. The number of nitrogens with zero attached hydrogens (tertiary/aromatic N) is 2. The summed E-state index contributed by atoms with van der Waals surface area (Å²) in [5.74, 6) is 0.334. The summed E-state index contributed by atoms with van der Waals surface area (Å²) in [4.78, 5) is 28.7. The average molecular weight is 596 g/mol. The summed E-state index contributed by atoms with van der Waals surface area (Å²) in [6.45, 7) is 9.57. The first kappa shape index (κ1) is 32.5. The summed E-state index contributed by atoms with van der Waals surface area (Å²) in [5.41, 5.74) is 1.89. The van der Waals surface area contributed by atoms with Crippen LogP contribution in [0.5, 0.6) is 11.5 Å². The Labute approximate surface area is 249 Å². The van der Waals surface area contributed by atoms with Gasteiger partial charge in [-0.05, 0) is 68.7 Å². The van der Waals surface area contributed by atoms with Gasteiger partial charge in [-0.25, -0.2) is 8.42 Å². The number of hydrogen-bond donors (Lipinski definition) is 1. The van der Waals surface area contributed by atoms with Crippen LogP contribution >= 0.6 is 0 Å². The van der Waals surface area contributed by atoms with Crippen molar-refractivity contribution in [1.82, 2.24) is 10.2 Å². The van der Waals surface area contributed by atoms with E-state index in [2.05, 4.69) is 5.32 Å². The van der Waals surface area contributed by atoms with E-state index in [0.717, 1.165) is 15.4 Å². The van der Waals surface area contributed by atoms with Gasteiger partial charge < -0.3 is 19.7 Å². The zero-order valence-corrected chi connectivity index (χ0v) is 26.0. The number of sulfonamides is 1. The highest BCUT2D eigenvalue weighted by Crippen LogP contribution is 2.33. The Hall–Kier alpha value is -4.05. The lowest BCUT2D eigenvalue weighted by atomic mass is 10.1. The molecule has 0 radical (unpaired) electrons. The second-order valence-electron chi connectivity index (χ2n) is 10.4. The highest BCUT2D eigenvalue weighted by Gasteiger charge is 2.33. The zero-order valence-electron chi connectivity index (χ0n) is 25.2. The van der Waals surface area contributed by atoms with Gasteiger partial charge in [-0.1, -0.05) is 55.8 Å². The molecule has 0 spiro atoms. The second kappa shape index (κ2) is 14.7. The van der Waals surface area contributed by atoms with E-state index in [4.69, 9.17) is 9.47 Å². The second-order valence-corrected chi connectivity index (χ2v) is 12.3. The van der Waals surface area contributed by atoms with Crippen LogP contribution in [0.3, 0.4) is 0 Å². The summed E-state index contributed by atoms with van der Waals surface area (Å²) in [5, 5.41) is 2.89. The third-order valence-electron chi connectivity index (χ3n) is 6.69. The van der Waals surface area contributed by atoms with E-state index in [0.29, 0.717) is 24.7 Å². The molecule has 0 saturated carbocycles. The zero-order chi connectivity index (χ0) is 30.9. The van der Waals surface area contributed by atoms with Crippen molar-refractivity contribution in [2.24, 2.45) is 5.92 Å². The van der Waals surface area contributed by atoms with Gasteiger partial charge in [0.15, 0.2) is 0 Å². The van der Waals surface area contributed by atoms with E-state index in [-0.39, 0.29) is 29.0 Å². The minimum absolute atomic E-state index is 0.0385. The van der Waals surface area contributed by atoms with Gasteiger partial charge in [-0.15, -0.1) is 0 Å². The van der Waals surface area contributed by atoms with Gasteiger partial charge in [0.05, 0.1) is 24.3 Å². The summed E-state index contributed by atoms with van der Waals surface area (Å²) in [7, 11) is -2.64. The van der Waals surface area contributed by atoms with Crippen LogP contribution in [0.1, 0.15) is 38.8 Å². The maximum Gasteiger partial charge on any atom is 0.264 e. The van der Waals surface area contributed by atoms with Crippen LogP contribution in [0.15, 0.2) is 77.7 Å². The number of hydrogen-bond acceptors (Lipinski definition) is 6. The first-order valence-electron chi connectivity index (χ1n) is 14.0. The summed E-state index contributed by atoms with van der Waals surface area (Å²) in [6, 6.07) is 19.4. The third kappa shape index (κ3) is 8.25. The first-order chi connectivity index (χ1) is 20.0. The van der Waals surface area contributed by atoms with Crippen LogP contribution in [0.4, 0.5) is 5.69 Å². The predicted octanol–water partition coefficient (Wildman–Crippen LogP) is 4.79. The van der Waals surface area contributed by atoms with Crippen molar-refractivity contribution in [3.05, 3.63) is 83.9 Å². The number of ether oxygens (including phenoxy) is 2. The molecule has 1 atom stereocenters. The summed E-state index contributed by atoms with van der Waals surface area (Å²) in [6.07, 6.45) is 0. The van der Waals surface area contributed by atoms with Crippen molar-refractivity contribution in [3.63, 3.8) is 0 Å². The molecular weight excluding hydrogens is 554 g/mol. The van der Waals surface area contributed by atoms with E-state index in [9.17, 15) is 18.0 Å². The van der Waals surface area contributed by atoms with Crippen molar-refractivity contribution in [3.8, 4) is 11.5 Å². The Balaban J connectivity index is 2.06. The van der Waals surface area contributed by atoms with Gasteiger partial charge in [0.2, 0.25) is 11.8 Å². The largest absolute Gasteiger partial charge is 0.497 e. The molecule has 226 valence electrons. The molecule has 3 aromatic rings. The van der Waals surface area contributed by atoms with Crippen LogP contribution in [0.2, 0.25) is 0 Å². The number of benzene rings is 3. The molecule has 2 amide bonds. The normalized spacial score (nSPS) is 12.0. The highest BCUT2D eigenvalue weighted by molar-refractivity contribution is 7.92. The minimum Gasteiger partial charge on any atom is -0.497 e. The molecule has 0 fully saturated rings. The van der Waals surface area contributed by atoms with E-state index >= 15 is 0 Å². The minimum atomic E-state index is -4.20. The number of anilines is 1. The lowest BCUT2D eigenvalue weighted by Gasteiger charge is -2.32. The van der Waals surface area contributed by atoms with Crippen molar-refractivity contribution in [2.45, 2.75) is 52.1 Å². The Morgan fingerprint density at radius 1 is 0.929 bits per heavy atom. The molecule has 3 aromatic carbocycles. The van der Waals surface area contributed by atoms with Gasteiger partial charge in [0, 0.05) is 13.1 Å². The Kier molecular flexibility index (Phi) is 11.4. The highest BCUT2D eigenvalue weighted by atomic mass is 32.2. The number of rotatable bonds is 14. The molecule has 0 aliphatic heterocycles. The molecule has 0 heterocycles. The Morgan fingerprint density at radius 3 is 2.17 bits per heavy atom. The molecule has 0 aliphatic rings. The third-order valence-corrected chi connectivity index (χ3v) is 8.46. The quantitative estimate of drug-likeness (QED) is 0.288. The molecule has 0 aromatic heterocycles. The standard InChI is InChI=1S/C32H41N3O6S/c1-7-41-30-11-9-8-10-29(30)35(42(38,39)28-18-12-24(4)13-19-28)22-31(36)34(25(5)32(37)33-20-23(2)3)21-26-14-16-27(40-6)17-15-26/h8-19,23,25H,7,20-22H2,1-6H3,(H,33,37)/t25-/m1/s1. The monoisotopic (exact) mass is 595 g/mol. The van der Waals surface area contributed by atoms with Gasteiger partial charge in [-0.2, -0.15) is 0 Å². The fourth-order valence-corrected chi connectivity index (χ4v) is 5.68. The number of nitrogens with one attached hydrogen (secondary N) is 1. The molecule has 10 heteroatoms. The fraction of sp³-hybridized carbons (Fsp3) is 0.375. The lowest BCUT2D eigenvalue weighted by Crippen LogP contribution is -2.51. The molecule has 9 nitrogen and oxygen atoms in total. The number of para-hydroxylation sites is 2. The van der Waals surface area contributed by atoms with E-state index in [1.165, 1.54) is 17.0 Å². The number of methoxy groups -OCH3 is 1. The average Bonchev–Trinajstić information content (AvgIpc) is 2.98. The maximum atomic E-state index is 14.1. The molecule has 0 aliphatic carbocycles. The number of amides is 2. The smallest absolute Gasteiger partial charge is 0.264 e. The molecule has 0 unspecified atom stereocenters. The van der Waals surface area contributed by atoms with Gasteiger partial charge in [-0.3, -0.25) is 13.9 Å². The number of carbonyl (C=O) groups is 2. The molecule has 0 saturated heterocycles. The fourth-order valence-electron chi connectivity index (χ4n) is 4.25. The van der Waals surface area contributed by atoms with E-state index in [1.807, 2.05) is 32.9 Å². The lowest BCUT2D eigenvalue weighted by molar-refractivity contribution is -0.139. The summed E-state index contributed by atoms with van der Waals surface area (Å²) < 4.78 is 40.2. The van der Waals surface area contributed by atoms with Crippen LogP contribution in [0, 0.1) is 12.8 Å². The van der Waals surface area contributed by atoms with Crippen LogP contribution < -0.4 is 19.1 Å². The van der Waals surface area contributed by atoms with Crippen LogP contribution in [-0.2, 0) is 26.2 Å². The molecule has 1 N–H and O–H groups in total. The van der Waals surface area contributed by atoms with Crippen molar-refractivity contribution >= 4 is 27.5 Å². The molecule has 0 bridgehead atoms. The SMILES string of the molecule is CCOc1ccccc1N(CC(=O)N(Cc1ccc(OC)cc1)[C@H](C)C(=O)NCC(C)C)S(=O)(=O)c1ccc(C)cc1. The van der Waals surface area contributed by atoms with Crippen LogP contribution in [0.25, 0.3) is 0 Å².